The molecule has 156 valence electrons. The van der Waals surface area contributed by atoms with Gasteiger partial charge in [-0.3, -0.25) is 4.98 Å². The lowest BCUT2D eigenvalue weighted by Crippen LogP contribution is -2.24. The van der Waals surface area contributed by atoms with Gasteiger partial charge in [-0.05, 0) is 43.5 Å². The van der Waals surface area contributed by atoms with Crippen molar-refractivity contribution in [2.75, 3.05) is 29.9 Å². The number of aryl methyl sites for hydroxylation is 1. The van der Waals surface area contributed by atoms with Crippen molar-refractivity contribution in [3.63, 3.8) is 0 Å². The summed E-state index contributed by atoms with van der Waals surface area (Å²) in [6.07, 6.45) is -2.20. The van der Waals surface area contributed by atoms with E-state index in [2.05, 4.69) is 25.3 Å². The minimum absolute atomic E-state index is 0.0223. The van der Waals surface area contributed by atoms with Gasteiger partial charge < -0.3 is 10.2 Å². The van der Waals surface area contributed by atoms with Crippen molar-refractivity contribution >= 4 is 11.6 Å². The van der Waals surface area contributed by atoms with E-state index in [1.807, 2.05) is 30.0 Å². The second-order valence-electron chi connectivity index (χ2n) is 7.29. The molecule has 1 atom stereocenters. The molecule has 0 spiro atoms. The average Bonchev–Trinajstić information content (AvgIpc) is 3.21. The van der Waals surface area contributed by atoms with Crippen molar-refractivity contribution in [1.82, 2.24) is 19.9 Å². The van der Waals surface area contributed by atoms with Crippen molar-refractivity contribution < 1.29 is 13.2 Å². The third-order valence-electron chi connectivity index (χ3n) is 4.97. The zero-order valence-electron chi connectivity index (χ0n) is 16.4. The first kappa shape index (κ1) is 20.1. The molecule has 1 unspecified atom stereocenters. The van der Waals surface area contributed by atoms with Gasteiger partial charge in [-0.15, -0.1) is 0 Å². The molecule has 0 amide bonds. The smallest absolute Gasteiger partial charge is 0.370 e. The van der Waals surface area contributed by atoms with E-state index in [1.54, 1.807) is 18.2 Å². The van der Waals surface area contributed by atoms with Crippen LogP contribution in [0.1, 0.15) is 17.8 Å². The maximum atomic E-state index is 13.4. The van der Waals surface area contributed by atoms with E-state index in [9.17, 15) is 13.2 Å². The molecule has 6 nitrogen and oxygen atoms in total. The fourth-order valence-electron chi connectivity index (χ4n) is 3.45. The predicted molar refractivity (Wildman–Crippen MR) is 108 cm³/mol. The molecule has 1 aliphatic rings. The highest BCUT2D eigenvalue weighted by molar-refractivity contribution is 5.54. The Hall–Kier alpha value is -3.23. The zero-order valence-corrected chi connectivity index (χ0v) is 16.4. The summed E-state index contributed by atoms with van der Waals surface area (Å²) in [5.74, 6) is 1.32. The summed E-state index contributed by atoms with van der Waals surface area (Å²) in [6, 6.07) is 11.8. The van der Waals surface area contributed by atoms with E-state index >= 15 is 0 Å². The molecule has 0 radical (unpaired) electrons. The number of nitrogens with zero attached hydrogens (tertiary/aromatic N) is 5. The highest BCUT2D eigenvalue weighted by Gasteiger charge is 2.35. The van der Waals surface area contributed by atoms with Gasteiger partial charge in [-0.25, -0.2) is 15.0 Å². The molecule has 9 heteroatoms. The van der Waals surface area contributed by atoms with Crippen LogP contribution in [0.25, 0.3) is 11.5 Å². The van der Waals surface area contributed by atoms with Crippen LogP contribution in [0.4, 0.5) is 24.8 Å². The fraction of sp³-hybridized carbons (Fsp3) is 0.333. The standard InChI is InChI=1S/C21H21F3N6/c1-14-5-4-7-18(27-14)26-12-15-8-10-30(13-15)19-11-17(21(22,23)24)28-20(29-19)16-6-2-3-9-25-16/h2-7,9,11,15H,8,10,12-13H2,1H3,(H,26,27). The summed E-state index contributed by atoms with van der Waals surface area (Å²) in [5, 5.41) is 3.31. The normalized spacial score (nSPS) is 16.7. The predicted octanol–water partition coefficient (Wildman–Crippen LogP) is 4.20. The van der Waals surface area contributed by atoms with Crippen LogP contribution in [-0.4, -0.2) is 39.6 Å². The van der Waals surface area contributed by atoms with Crippen molar-refractivity contribution in [2.24, 2.45) is 5.92 Å². The van der Waals surface area contributed by atoms with Crippen molar-refractivity contribution in [2.45, 2.75) is 19.5 Å². The van der Waals surface area contributed by atoms with E-state index in [0.29, 0.717) is 25.3 Å². The molecule has 1 saturated heterocycles. The second-order valence-corrected chi connectivity index (χ2v) is 7.29. The summed E-state index contributed by atoms with van der Waals surface area (Å²) in [5.41, 5.74) is 0.280. The van der Waals surface area contributed by atoms with Gasteiger partial charge in [0, 0.05) is 37.6 Å². The molecule has 4 heterocycles. The van der Waals surface area contributed by atoms with Crippen LogP contribution in [0, 0.1) is 12.8 Å². The van der Waals surface area contributed by atoms with Gasteiger partial charge in [-0.2, -0.15) is 13.2 Å². The van der Waals surface area contributed by atoms with Crippen LogP contribution < -0.4 is 10.2 Å². The molecule has 0 bridgehead atoms. The van der Waals surface area contributed by atoms with Crippen molar-refractivity contribution in [1.29, 1.82) is 0 Å². The molecule has 3 aromatic heterocycles. The third-order valence-corrected chi connectivity index (χ3v) is 4.97. The minimum Gasteiger partial charge on any atom is -0.370 e. The molecule has 30 heavy (non-hydrogen) atoms. The molecule has 4 rings (SSSR count). The van der Waals surface area contributed by atoms with Gasteiger partial charge in [0.15, 0.2) is 11.5 Å². The molecule has 0 aromatic carbocycles. The Bertz CT molecular complexity index is 1010. The molecule has 1 N–H and O–H groups in total. The first-order chi connectivity index (χ1) is 14.4. The summed E-state index contributed by atoms with van der Waals surface area (Å²) >= 11 is 0. The Morgan fingerprint density at radius 2 is 1.97 bits per heavy atom. The van der Waals surface area contributed by atoms with Gasteiger partial charge >= 0.3 is 6.18 Å². The van der Waals surface area contributed by atoms with Crippen LogP contribution >= 0.6 is 0 Å². The quantitative estimate of drug-likeness (QED) is 0.675. The first-order valence-electron chi connectivity index (χ1n) is 9.68. The Balaban J connectivity index is 1.52. The Labute approximate surface area is 172 Å². The first-order valence-corrected chi connectivity index (χ1v) is 9.68. The number of aromatic nitrogens is 4. The lowest BCUT2D eigenvalue weighted by Gasteiger charge is -2.20. The van der Waals surface area contributed by atoms with Gasteiger partial charge in [0.2, 0.25) is 0 Å². The van der Waals surface area contributed by atoms with Crippen LogP contribution in [0.3, 0.4) is 0 Å². The molecule has 0 saturated carbocycles. The van der Waals surface area contributed by atoms with E-state index in [-0.39, 0.29) is 17.6 Å². The average molecular weight is 414 g/mol. The highest BCUT2D eigenvalue weighted by Crippen LogP contribution is 2.32. The maximum Gasteiger partial charge on any atom is 0.433 e. The number of rotatable bonds is 5. The van der Waals surface area contributed by atoms with Gasteiger partial charge in [0.25, 0.3) is 0 Å². The summed E-state index contributed by atoms with van der Waals surface area (Å²) in [4.78, 5) is 18.5. The largest absolute Gasteiger partial charge is 0.433 e. The number of alkyl halides is 3. The van der Waals surface area contributed by atoms with E-state index in [0.717, 1.165) is 24.0 Å². The lowest BCUT2D eigenvalue weighted by molar-refractivity contribution is -0.141. The molecule has 0 aliphatic carbocycles. The van der Waals surface area contributed by atoms with E-state index in [1.165, 1.54) is 6.20 Å². The molecule has 3 aromatic rings. The lowest BCUT2D eigenvalue weighted by atomic mass is 10.1. The number of hydrogen-bond acceptors (Lipinski definition) is 6. The van der Waals surface area contributed by atoms with Crippen LogP contribution in [-0.2, 0) is 6.18 Å². The third kappa shape index (κ3) is 4.67. The molecule has 1 fully saturated rings. The molecule has 1 aliphatic heterocycles. The molecular formula is C21H21F3N6. The number of nitrogens with one attached hydrogen (secondary N) is 1. The van der Waals surface area contributed by atoms with Crippen LogP contribution in [0.2, 0.25) is 0 Å². The Morgan fingerprint density at radius 1 is 1.10 bits per heavy atom. The Kier molecular flexibility index (Phi) is 5.52. The van der Waals surface area contributed by atoms with E-state index in [4.69, 9.17) is 0 Å². The topological polar surface area (TPSA) is 66.8 Å². The zero-order chi connectivity index (χ0) is 21.1. The summed E-state index contributed by atoms with van der Waals surface area (Å²) in [7, 11) is 0. The van der Waals surface area contributed by atoms with Gasteiger partial charge in [0.1, 0.15) is 17.3 Å². The van der Waals surface area contributed by atoms with Gasteiger partial charge in [0.05, 0.1) is 0 Å². The SMILES string of the molecule is Cc1cccc(NCC2CCN(c3cc(C(F)(F)F)nc(-c4ccccn4)n3)C2)n1. The Morgan fingerprint density at radius 3 is 2.70 bits per heavy atom. The number of pyridine rings is 2. The van der Waals surface area contributed by atoms with Crippen molar-refractivity contribution in [3.05, 3.63) is 60.0 Å². The summed E-state index contributed by atoms with van der Waals surface area (Å²) in [6.45, 7) is 3.85. The van der Waals surface area contributed by atoms with Crippen LogP contribution in [0.5, 0.6) is 0 Å². The maximum absolute atomic E-state index is 13.4. The summed E-state index contributed by atoms with van der Waals surface area (Å²) < 4.78 is 40.3. The van der Waals surface area contributed by atoms with E-state index < -0.39 is 11.9 Å². The number of anilines is 2. The van der Waals surface area contributed by atoms with Crippen LogP contribution in [0.15, 0.2) is 48.7 Å². The monoisotopic (exact) mass is 414 g/mol. The minimum atomic E-state index is -4.56. The molecular weight excluding hydrogens is 393 g/mol. The van der Waals surface area contributed by atoms with Gasteiger partial charge in [-0.1, -0.05) is 12.1 Å². The fourth-order valence-corrected chi connectivity index (χ4v) is 3.45. The highest BCUT2D eigenvalue weighted by atomic mass is 19.4. The number of hydrogen-bond donors (Lipinski definition) is 1. The number of halogens is 3. The van der Waals surface area contributed by atoms with Crippen molar-refractivity contribution in [3.8, 4) is 11.5 Å². The second kappa shape index (κ2) is 8.25.